The molecule has 0 rings (SSSR count). The van der Waals surface area contributed by atoms with E-state index in [9.17, 15) is 14.7 Å². The molecule has 14 heavy (non-hydrogen) atoms. The van der Waals surface area contributed by atoms with Crippen LogP contribution in [0.4, 0.5) is 0 Å². The lowest BCUT2D eigenvalue weighted by Gasteiger charge is -2.24. The second-order valence-corrected chi connectivity index (χ2v) is 4.61. The molecule has 0 radical (unpaired) electrons. The Hall–Kier alpha value is -1.10. The van der Waals surface area contributed by atoms with Crippen LogP contribution in [0.15, 0.2) is 0 Å². The second kappa shape index (κ2) is 3.96. The van der Waals surface area contributed by atoms with Crippen LogP contribution in [-0.4, -0.2) is 23.1 Å². The molecule has 0 bridgehead atoms. The van der Waals surface area contributed by atoms with E-state index in [1.54, 1.807) is 20.8 Å². The average molecular weight is 203 g/mol. The minimum atomic E-state index is -1.43. The zero-order valence-corrected chi connectivity index (χ0v) is 9.05. The topological polar surface area (TPSA) is 94.1 Å². The second-order valence-electron chi connectivity index (χ2n) is 4.61. The van der Waals surface area contributed by atoms with Gasteiger partial charge in [-0.05, 0) is 27.7 Å². The number of carbonyl (C=O) groups is 2. The Morgan fingerprint density at radius 1 is 1.29 bits per heavy atom. The fourth-order valence-electron chi connectivity index (χ4n) is 0.768. The molecule has 5 nitrogen and oxygen atoms in total. The third kappa shape index (κ3) is 4.81. The van der Waals surface area contributed by atoms with Crippen molar-refractivity contribution < 1.29 is 25.2 Å². The summed E-state index contributed by atoms with van der Waals surface area (Å²) in [7, 11) is 0. The number of hydrogen-bond acceptors (Lipinski definition) is 4. The van der Waals surface area contributed by atoms with Crippen LogP contribution < -0.4 is 10.8 Å². The molecule has 0 aliphatic heterocycles. The highest BCUT2D eigenvalue weighted by molar-refractivity contribution is 5.82. The van der Waals surface area contributed by atoms with Gasteiger partial charge in [0.25, 0.3) is 0 Å². The van der Waals surface area contributed by atoms with E-state index >= 15 is 0 Å². The Kier molecular flexibility index (Phi) is 3.65. The predicted octanol–water partition coefficient (Wildman–Crippen LogP) is -1.53. The number of rotatable bonds is 3. The van der Waals surface area contributed by atoms with Gasteiger partial charge < -0.3 is 20.4 Å². The van der Waals surface area contributed by atoms with Crippen LogP contribution in [0.2, 0.25) is 0 Å². The van der Waals surface area contributed by atoms with Crippen LogP contribution in [0.1, 0.15) is 34.1 Å². The van der Waals surface area contributed by atoms with Crippen LogP contribution in [0.5, 0.6) is 0 Å². The van der Waals surface area contributed by atoms with Gasteiger partial charge in [0.2, 0.25) is 0 Å². The minimum Gasteiger partial charge on any atom is -0.544 e. The molecule has 0 saturated heterocycles. The molecule has 1 atom stereocenters. The molecule has 0 amide bonds. The van der Waals surface area contributed by atoms with Crippen LogP contribution in [0.3, 0.4) is 0 Å². The first-order valence-corrected chi connectivity index (χ1v) is 4.33. The van der Waals surface area contributed by atoms with Gasteiger partial charge in [-0.15, -0.1) is 0 Å². The highest BCUT2D eigenvalue weighted by atomic mass is 16.6. The average Bonchev–Trinajstić information content (AvgIpc) is 1.79. The van der Waals surface area contributed by atoms with Crippen molar-refractivity contribution in [2.45, 2.75) is 45.3 Å². The fraction of sp³-hybridized carbons (Fsp3) is 0.778. The molecule has 0 aromatic heterocycles. The van der Waals surface area contributed by atoms with Crippen molar-refractivity contribution in [1.29, 1.82) is 0 Å². The molecule has 3 N–H and O–H groups in total. The van der Waals surface area contributed by atoms with Crippen molar-refractivity contribution in [1.82, 2.24) is 0 Å². The quantitative estimate of drug-likeness (QED) is 0.563. The Balaban J connectivity index is 4.27. The van der Waals surface area contributed by atoms with Crippen LogP contribution in [0.25, 0.3) is 0 Å². The van der Waals surface area contributed by atoms with Crippen LogP contribution in [-0.2, 0) is 14.3 Å². The van der Waals surface area contributed by atoms with Crippen molar-refractivity contribution in [3.8, 4) is 0 Å². The van der Waals surface area contributed by atoms with Gasteiger partial charge >= 0.3 is 5.97 Å². The van der Waals surface area contributed by atoms with Gasteiger partial charge in [-0.25, -0.2) is 0 Å². The zero-order chi connectivity index (χ0) is 11.6. The van der Waals surface area contributed by atoms with E-state index < -0.39 is 23.1 Å². The molecule has 0 aliphatic rings. The summed E-state index contributed by atoms with van der Waals surface area (Å²) in [6.07, 6.45) is -0.285. The van der Waals surface area contributed by atoms with E-state index in [1.807, 2.05) is 0 Å². The zero-order valence-electron chi connectivity index (χ0n) is 9.05. The molecule has 82 valence electrons. The Morgan fingerprint density at radius 2 is 1.71 bits per heavy atom. The van der Waals surface area contributed by atoms with Crippen molar-refractivity contribution in [2.24, 2.45) is 0 Å². The summed E-state index contributed by atoms with van der Waals surface area (Å²) >= 11 is 0. The monoisotopic (exact) mass is 203 g/mol. The van der Waals surface area contributed by atoms with Gasteiger partial charge in [0, 0.05) is 0 Å². The van der Waals surface area contributed by atoms with E-state index in [-0.39, 0.29) is 6.42 Å². The Bertz CT molecular complexity index is 240. The maximum absolute atomic E-state index is 11.2. The number of carbonyl (C=O) groups excluding carboxylic acids is 2. The predicted molar refractivity (Wildman–Crippen MR) is 46.8 cm³/mol. The summed E-state index contributed by atoms with van der Waals surface area (Å²) in [4.78, 5) is 21.8. The minimum absolute atomic E-state index is 0.285. The van der Waals surface area contributed by atoms with Gasteiger partial charge in [0.15, 0.2) is 0 Å². The molecule has 0 fully saturated rings. The highest BCUT2D eigenvalue weighted by Crippen LogP contribution is 2.11. The lowest BCUT2D eigenvalue weighted by atomic mass is 10.00. The van der Waals surface area contributed by atoms with Crippen molar-refractivity contribution in [3.05, 3.63) is 0 Å². The number of quaternary nitrogens is 1. The summed E-state index contributed by atoms with van der Waals surface area (Å²) in [5, 5.41) is 10.5. The van der Waals surface area contributed by atoms with Gasteiger partial charge in [-0.1, -0.05) is 0 Å². The Morgan fingerprint density at radius 3 is 2.00 bits per heavy atom. The molecule has 0 unspecified atom stereocenters. The SMILES string of the molecule is CC(C)(C)OC(=O)C[C@@](C)([NH3+])C(=O)[O-]. The first kappa shape index (κ1) is 12.9. The standard InChI is InChI=1S/C9H17NO4/c1-8(2,3)14-6(11)5-9(4,10)7(12)13/h5,10H2,1-4H3,(H,12,13)/t9-/m1/s1. The number of esters is 1. The summed E-state index contributed by atoms with van der Waals surface area (Å²) < 4.78 is 4.95. The Labute approximate surface area is 83.2 Å². The maximum Gasteiger partial charge on any atom is 0.313 e. The van der Waals surface area contributed by atoms with Crippen molar-refractivity contribution in [3.63, 3.8) is 0 Å². The third-order valence-corrected chi connectivity index (χ3v) is 1.45. The number of hydrogen-bond donors (Lipinski definition) is 1. The molecular formula is C9H17NO4. The van der Waals surface area contributed by atoms with Crippen LogP contribution >= 0.6 is 0 Å². The lowest BCUT2D eigenvalue weighted by molar-refractivity contribution is -0.480. The van der Waals surface area contributed by atoms with Gasteiger partial charge in [0.1, 0.15) is 23.5 Å². The molecule has 0 aromatic rings. The normalized spacial score (nSPS) is 15.8. The number of ether oxygens (including phenoxy) is 1. The summed E-state index contributed by atoms with van der Waals surface area (Å²) in [6, 6.07) is 0. The van der Waals surface area contributed by atoms with E-state index in [2.05, 4.69) is 5.73 Å². The van der Waals surface area contributed by atoms with E-state index in [0.29, 0.717) is 0 Å². The smallest absolute Gasteiger partial charge is 0.313 e. The molecule has 5 heteroatoms. The van der Waals surface area contributed by atoms with E-state index in [1.165, 1.54) is 6.92 Å². The van der Waals surface area contributed by atoms with Crippen LogP contribution in [0, 0.1) is 0 Å². The fourth-order valence-corrected chi connectivity index (χ4v) is 0.768. The first-order chi connectivity index (χ1) is 6.04. The first-order valence-electron chi connectivity index (χ1n) is 4.33. The van der Waals surface area contributed by atoms with Crippen molar-refractivity contribution >= 4 is 11.9 Å². The maximum atomic E-state index is 11.2. The highest BCUT2D eigenvalue weighted by Gasteiger charge is 2.30. The van der Waals surface area contributed by atoms with E-state index in [0.717, 1.165) is 0 Å². The van der Waals surface area contributed by atoms with Gasteiger partial charge in [0.05, 0.1) is 0 Å². The third-order valence-electron chi connectivity index (χ3n) is 1.45. The van der Waals surface area contributed by atoms with Gasteiger partial charge in [-0.3, -0.25) is 4.79 Å². The summed E-state index contributed by atoms with van der Waals surface area (Å²) in [6.45, 7) is 6.46. The van der Waals surface area contributed by atoms with Crippen molar-refractivity contribution in [2.75, 3.05) is 0 Å². The number of carboxylic acids is 1. The summed E-state index contributed by atoms with van der Waals surface area (Å²) in [5.74, 6) is -1.94. The largest absolute Gasteiger partial charge is 0.544 e. The molecule has 0 aliphatic carbocycles. The molecular weight excluding hydrogens is 186 g/mol. The van der Waals surface area contributed by atoms with Gasteiger partial charge in [-0.2, -0.15) is 0 Å². The van der Waals surface area contributed by atoms with E-state index in [4.69, 9.17) is 4.74 Å². The number of carboxylic acid groups (broad SMARTS) is 1. The molecule has 0 aromatic carbocycles. The summed E-state index contributed by atoms with van der Waals surface area (Å²) in [5.41, 5.74) is 1.34. The lowest BCUT2D eigenvalue weighted by Crippen LogP contribution is -2.78. The molecule has 0 saturated carbocycles. The molecule has 0 heterocycles. The molecule has 0 spiro atoms. The number of aliphatic carboxylic acids is 1.